The molecule has 0 aliphatic heterocycles. The second-order valence-corrected chi connectivity index (χ2v) is 7.11. The molecule has 0 unspecified atom stereocenters. The van der Waals surface area contributed by atoms with Crippen molar-refractivity contribution < 1.29 is 18.5 Å². The van der Waals surface area contributed by atoms with Gasteiger partial charge in [-0.3, -0.25) is 19.7 Å². The van der Waals surface area contributed by atoms with Gasteiger partial charge in [0.2, 0.25) is 11.2 Å². The van der Waals surface area contributed by atoms with Crippen LogP contribution in [0.1, 0.15) is 10.4 Å². The lowest BCUT2D eigenvalue weighted by Crippen LogP contribution is -2.07. The highest BCUT2D eigenvalue weighted by atomic mass is 32.1. The summed E-state index contributed by atoms with van der Waals surface area (Å²) in [5, 5.41) is 13.8. The predicted molar refractivity (Wildman–Crippen MR) is 101 cm³/mol. The lowest BCUT2D eigenvalue weighted by Gasteiger charge is -2.03. The van der Waals surface area contributed by atoms with Crippen molar-refractivity contribution in [3.05, 3.63) is 72.8 Å². The van der Waals surface area contributed by atoms with Gasteiger partial charge < -0.3 is 9.88 Å². The molecule has 142 valence electrons. The molecule has 0 radical (unpaired) electrons. The number of carbonyl (C=O) groups is 1. The molecule has 3 heterocycles. The summed E-state index contributed by atoms with van der Waals surface area (Å²) in [5.41, 5.74) is -0.745. The van der Waals surface area contributed by atoms with Crippen molar-refractivity contribution in [2.45, 2.75) is 0 Å². The summed E-state index contributed by atoms with van der Waals surface area (Å²) in [6.07, 6.45) is 2.06. The van der Waals surface area contributed by atoms with Crippen molar-refractivity contribution in [3.8, 4) is 0 Å². The number of thiophene rings is 2. The van der Waals surface area contributed by atoms with Gasteiger partial charge in [0.25, 0.3) is 0 Å². The van der Waals surface area contributed by atoms with Crippen LogP contribution in [0.25, 0.3) is 10.2 Å². The Morgan fingerprint density at radius 3 is 2.59 bits per heavy atom. The summed E-state index contributed by atoms with van der Waals surface area (Å²) in [6.45, 7) is 0. The maximum Gasteiger partial charge on any atom is 0.335 e. The fourth-order valence-corrected chi connectivity index (χ4v) is 3.41. The van der Waals surface area contributed by atoms with Crippen molar-refractivity contribution in [3.63, 3.8) is 0 Å². The number of ketones is 1. The maximum atomic E-state index is 13.3. The summed E-state index contributed by atoms with van der Waals surface area (Å²) in [5.74, 6) is -2.72. The van der Waals surface area contributed by atoms with Crippen LogP contribution in [0.4, 0.5) is 13.8 Å². The lowest BCUT2D eigenvalue weighted by atomic mass is 10.2. The monoisotopic (exact) mass is 413 g/mol. The molecule has 3 rings (SSSR count). The van der Waals surface area contributed by atoms with Crippen LogP contribution in [0.15, 0.2) is 45.9 Å². The smallest absolute Gasteiger partial charge is 0.335 e. The first kappa shape index (κ1) is 20.4. The Balaban J connectivity index is 0.000000206. The number of hydrogen-bond donors (Lipinski definition) is 1. The molecule has 0 fully saturated rings. The van der Waals surface area contributed by atoms with E-state index in [9.17, 15) is 28.5 Å². The standard InChI is InChI=1S/C9H9FN2O3S.C7H4FNOS/c1-11(2)5-7(10)8(13)6-3-4-16-9(6)12(14)15;8-5-3-9-7-4(6(5)10)1-2-11-7/h3-5H,1-2H3;1-3H,(H,9,10)/b7-5-;. The molecule has 0 atom stereocenters. The molecule has 3 aromatic rings. The largest absolute Gasteiger partial charge is 0.381 e. The van der Waals surface area contributed by atoms with Crippen LogP contribution < -0.4 is 5.43 Å². The minimum atomic E-state index is -1.02. The first-order chi connectivity index (χ1) is 12.7. The van der Waals surface area contributed by atoms with Gasteiger partial charge in [0.05, 0.1) is 10.3 Å². The number of pyridine rings is 1. The number of nitrogens with zero attached hydrogens (tertiary/aromatic N) is 2. The Hall–Kier alpha value is -2.92. The van der Waals surface area contributed by atoms with E-state index in [1.807, 2.05) is 0 Å². The van der Waals surface area contributed by atoms with Gasteiger partial charge in [-0.25, -0.2) is 8.78 Å². The van der Waals surface area contributed by atoms with Gasteiger partial charge in [0, 0.05) is 26.5 Å². The first-order valence-corrected chi connectivity index (χ1v) is 9.03. The average Bonchev–Trinajstić information content (AvgIpc) is 3.26. The number of hydrogen-bond acceptors (Lipinski definition) is 7. The van der Waals surface area contributed by atoms with Crippen LogP contribution in [0.3, 0.4) is 0 Å². The molecule has 0 spiro atoms. The van der Waals surface area contributed by atoms with E-state index in [1.165, 1.54) is 27.7 Å². The number of rotatable bonds is 4. The molecule has 0 aliphatic rings. The maximum absolute atomic E-state index is 13.3. The molecule has 0 aliphatic carbocycles. The van der Waals surface area contributed by atoms with Crippen molar-refractivity contribution in [1.29, 1.82) is 0 Å². The SMILES string of the molecule is CN(C)/C=C(\F)C(=O)c1ccsc1[N+](=O)[O-].O=c1c(F)c[nH]c2sccc12. The number of carbonyl (C=O) groups excluding carboxylic acids is 1. The van der Waals surface area contributed by atoms with E-state index in [4.69, 9.17) is 0 Å². The van der Waals surface area contributed by atoms with Gasteiger partial charge >= 0.3 is 5.00 Å². The Labute approximate surface area is 159 Å². The second-order valence-electron chi connectivity index (χ2n) is 5.30. The molecule has 0 amide bonds. The van der Waals surface area contributed by atoms with E-state index in [0.29, 0.717) is 5.39 Å². The molecular formula is C16H13F2N3O4S2. The van der Waals surface area contributed by atoms with Gasteiger partial charge in [-0.05, 0) is 22.9 Å². The number of aromatic amines is 1. The number of halogens is 2. The third-order valence-corrected chi connectivity index (χ3v) is 4.81. The zero-order valence-electron chi connectivity index (χ0n) is 14.1. The highest BCUT2D eigenvalue weighted by Gasteiger charge is 2.24. The fourth-order valence-electron chi connectivity index (χ4n) is 1.95. The molecule has 11 heteroatoms. The van der Waals surface area contributed by atoms with Crippen LogP contribution in [-0.4, -0.2) is 34.7 Å². The van der Waals surface area contributed by atoms with E-state index in [2.05, 4.69) is 4.98 Å². The van der Waals surface area contributed by atoms with Gasteiger partial charge in [-0.2, -0.15) is 0 Å². The Morgan fingerprint density at radius 1 is 1.30 bits per heavy atom. The molecule has 0 bridgehead atoms. The van der Waals surface area contributed by atoms with E-state index >= 15 is 0 Å². The van der Waals surface area contributed by atoms with Crippen LogP contribution in [0.2, 0.25) is 0 Å². The Morgan fingerprint density at radius 2 is 1.96 bits per heavy atom. The van der Waals surface area contributed by atoms with Gasteiger partial charge in [-0.15, -0.1) is 11.3 Å². The zero-order chi connectivity index (χ0) is 20.1. The van der Waals surface area contributed by atoms with Crippen molar-refractivity contribution in [1.82, 2.24) is 9.88 Å². The van der Waals surface area contributed by atoms with Gasteiger partial charge in [-0.1, -0.05) is 11.3 Å². The summed E-state index contributed by atoms with van der Waals surface area (Å²) >= 11 is 2.18. The highest BCUT2D eigenvalue weighted by Crippen LogP contribution is 2.28. The van der Waals surface area contributed by atoms with Gasteiger partial charge in [0.15, 0.2) is 11.6 Å². The van der Waals surface area contributed by atoms with Crippen LogP contribution in [0, 0.1) is 15.9 Å². The Bertz CT molecular complexity index is 1070. The van der Waals surface area contributed by atoms with E-state index in [0.717, 1.165) is 28.6 Å². The molecule has 3 aromatic heterocycles. The summed E-state index contributed by atoms with van der Waals surface area (Å²) < 4.78 is 25.9. The summed E-state index contributed by atoms with van der Waals surface area (Å²) in [7, 11) is 3.10. The van der Waals surface area contributed by atoms with Crippen LogP contribution in [-0.2, 0) is 0 Å². The number of nitrogens with one attached hydrogen (secondary N) is 1. The van der Waals surface area contributed by atoms with E-state index < -0.39 is 27.8 Å². The van der Waals surface area contributed by atoms with Crippen LogP contribution >= 0.6 is 22.7 Å². The lowest BCUT2D eigenvalue weighted by molar-refractivity contribution is -0.380. The van der Waals surface area contributed by atoms with E-state index in [1.54, 1.807) is 25.5 Å². The number of aromatic nitrogens is 1. The number of nitro groups is 1. The van der Waals surface area contributed by atoms with Gasteiger partial charge in [0.1, 0.15) is 10.4 Å². The Kier molecular flexibility index (Phi) is 6.53. The minimum Gasteiger partial charge on any atom is -0.381 e. The zero-order valence-corrected chi connectivity index (χ0v) is 15.7. The number of Topliss-reactive ketones (excluding diaryl/α,β-unsaturated/α-hetero) is 1. The molecule has 0 saturated carbocycles. The number of fused-ring (bicyclic) bond motifs is 1. The topological polar surface area (TPSA) is 96.3 Å². The minimum absolute atomic E-state index is 0.217. The molecule has 1 N–H and O–H groups in total. The van der Waals surface area contributed by atoms with E-state index in [-0.39, 0.29) is 10.6 Å². The second kappa shape index (κ2) is 8.64. The third kappa shape index (κ3) is 4.83. The van der Waals surface area contributed by atoms with Crippen molar-refractivity contribution in [2.24, 2.45) is 0 Å². The summed E-state index contributed by atoms with van der Waals surface area (Å²) in [4.78, 5) is 37.1. The normalized spacial score (nSPS) is 11.0. The van der Waals surface area contributed by atoms with Crippen molar-refractivity contribution >= 4 is 43.7 Å². The third-order valence-electron chi connectivity index (χ3n) is 3.10. The highest BCUT2D eigenvalue weighted by molar-refractivity contribution is 7.16. The molecule has 7 nitrogen and oxygen atoms in total. The fraction of sp³-hybridized carbons (Fsp3) is 0.125. The molecule has 0 saturated heterocycles. The summed E-state index contributed by atoms with van der Waals surface area (Å²) in [6, 6.07) is 2.86. The van der Waals surface area contributed by atoms with Crippen molar-refractivity contribution in [2.75, 3.05) is 14.1 Å². The molecular weight excluding hydrogens is 400 g/mol. The molecule has 27 heavy (non-hydrogen) atoms. The number of allylic oxidation sites excluding steroid dienone is 1. The molecule has 0 aromatic carbocycles. The quantitative estimate of drug-likeness (QED) is 0.302. The first-order valence-electron chi connectivity index (χ1n) is 7.27. The number of H-pyrrole nitrogens is 1. The van der Waals surface area contributed by atoms with Crippen LogP contribution in [0.5, 0.6) is 0 Å². The average molecular weight is 413 g/mol. The predicted octanol–water partition coefficient (Wildman–Crippen LogP) is 3.94.